The zero-order valence-electron chi connectivity index (χ0n) is 13.6. The molecule has 1 aromatic rings. The van der Waals surface area contributed by atoms with Gasteiger partial charge >= 0.3 is 0 Å². The molecule has 1 fully saturated rings. The lowest BCUT2D eigenvalue weighted by atomic mass is 9.69. The number of aromatic nitrogens is 1. The van der Waals surface area contributed by atoms with E-state index in [1.165, 1.54) is 25.7 Å². The van der Waals surface area contributed by atoms with Crippen molar-refractivity contribution in [3.8, 4) is 0 Å². The van der Waals surface area contributed by atoms with Crippen molar-refractivity contribution in [3.63, 3.8) is 0 Å². The molecule has 1 saturated carbocycles. The van der Waals surface area contributed by atoms with Gasteiger partial charge in [0, 0.05) is 20.1 Å². The molecule has 1 aliphatic carbocycles. The number of rotatable bonds is 3. The second kappa shape index (κ2) is 6.02. The van der Waals surface area contributed by atoms with Gasteiger partial charge in [-0.2, -0.15) is 0 Å². The molecule has 0 aliphatic heterocycles. The van der Waals surface area contributed by atoms with E-state index in [1.54, 1.807) is 0 Å². The number of anilines is 2. The molecule has 0 spiro atoms. The maximum absolute atomic E-state index is 4.49. The maximum Gasteiger partial charge on any atom is 0.128 e. The summed E-state index contributed by atoms with van der Waals surface area (Å²) in [6.07, 6.45) is 7.29. The normalized spacial score (nSPS) is 23.4. The molecule has 0 aromatic carbocycles. The van der Waals surface area contributed by atoms with Crippen LogP contribution in [-0.2, 0) is 0 Å². The molecule has 2 unspecified atom stereocenters. The molecule has 1 N–H and O–H groups in total. The van der Waals surface area contributed by atoms with Crippen LogP contribution >= 0.6 is 0 Å². The summed E-state index contributed by atoms with van der Waals surface area (Å²) < 4.78 is 0. The molecule has 1 heterocycles. The first-order chi connectivity index (χ1) is 9.38. The molecular weight excluding hydrogens is 246 g/mol. The summed E-state index contributed by atoms with van der Waals surface area (Å²) in [4.78, 5) is 6.52. The van der Waals surface area contributed by atoms with Crippen LogP contribution < -0.4 is 10.2 Å². The Morgan fingerprint density at radius 2 is 1.85 bits per heavy atom. The Morgan fingerprint density at radius 3 is 2.40 bits per heavy atom. The van der Waals surface area contributed by atoms with E-state index in [0.29, 0.717) is 11.5 Å². The number of nitrogens with zero attached hydrogens (tertiary/aromatic N) is 2. The quantitative estimate of drug-likeness (QED) is 0.897. The van der Waals surface area contributed by atoms with Gasteiger partial charge in [0.1, 0.15) is 5.82 Å². The average Bonchev–Trinajstić information content (AvgIpc) is 2.38. The van der Waals surface area contributed by atoms with Gasteiger partial charge < -0.3 is 10.2 Å². The van der Waals surface area contributed by atoms with Gasteiger partial charge in [0.05, 0.1) is 11.9 Å². The smallest absolute Gasteiger partial charge is 0.128 e. The Kier molecular flexibility index (Phi) is 4.56. The number of pyridine rings is 1. The predicted molar refractivity (Wildman–Crippen MR) is 87.4 cm³/mol. The highest BCUT2D eigenvalue weighted by molar-refractivity contribution is 5.48. The van der Waals surface area contributed by atoms with Gasteiger partial charge in [0.25, 0.3) is 0 Å². The highest BCUT2D eigenvalue weighted by Crippen LogP contribution is 2.39. The summed E-state index contributed by atoms with van der Waals surface area (Å²) in [5.41, 5.74) is 1.52. The van der Waals surface area contributed by atoms with E-state index in [9.17, 15) is 0 Å². The van der Waals surface area contributed by atoms with Crippen LogP contribution in [0.3, 0.4) is 0 Å². The number of nitrogens with one attached hydrogen (secondary N) is 1. The zero-order chi connectivity index (χ0) is 14.8. The van der Waals surface area contributed by atoms with E-state index in [-0.39, 0.29) is 0 Å². The molecule has 0 radical (unpaired) electrons. The highest BCUT2D eigenvalue weighted by atomic mass is 15.1. The highest BCUT2D eigenvalue weighted by Gasteiger charge is 2.33. The summed E-state index contributed by atoms with van der Waals surface area (Å²) in [7, 11) is 4.04. The number of hydrogen-bond acceptors (Lipinski definition) is 3. The summed E-state index contributed by atoms with van der Waals surface area (Å²) >= 11 is 0. The van der Waals surface area contributed by atoms with Gasteiger partial charge in [-0.3, -0.25) is 0 Å². The van der Waals surface area contributed by atoms with Crippen molar-refractivity contribution < 1.29 is 0 Å². The van der Waals surface area contributed by atoms with Crippen LogP contribution in [0.15, 0.2) is 18.3 Å². The molecule has 20 heavy (non-hydrogen) atoms. The minimum Gasteiger partial charge on any atom is -0.381 e. The standard InChI is InChI=1S/C17H29N3/c1-17(2,3)14-8-6-7-9-15(14)19-13-10-11-16(18-12-13)20(4)5/h10-12,14-15,19H,6-9H2,1-5H3. The lowest BCUT2D eigenvalue weighted by molar-refractivity contribution is 0.163. The first-order valence-electron chi connectivity index (χ1n) is 7.78. The first-order valence-corrected chi connectivity index (χ1v) is 7.78. The Labute approximate surface area is 123 Å². The third kappa shape index (κ3) is 3.65. The van der Waals surface area contributed by atoms with E-state index >= 15 is 0 Å². The van der Waals surface area contributed by atoms with Crippen LogP contribution in [0.2, 0.25) is 0 Å². The van der Waals surface area contributed by atoms with Crippen molar-refractivity contribution in [1.82, 2.24) is 4.98 Å². The lowest BCUT2D eigenvalue weighted by Crippen LogP contribution is -2.39. The fourth-order valence-corrected chi connectivity index (χ4v) is 3.29. The summed E-state index contributed by atoms with van der Waals surface area (Å²) in [6.45, 7) is 7.10. The Morgan fingerprint density at radius 1 is 1.15 bits per heavy atom. The Balaban J connectivity index is 2.07. The SMILES string of the molecule is CN(C)c1ccc(NC2CCCCC2C(C)(C)C)cn1. The second-order valence-corrected chi connectivity index (χ2v) is 7.31. The van der Waals surface area contributed by atoms with E-state index < -0.39 is 0 Å². The van der Waals surface area contributed by atoms with Crippen molar-refractivity contribution >= 4 is 11.5 Å². The van der Waals surface area contributed by atoms with Crippen LogP contribution in [-0.4, -0.2) is 25.1 Å². The first kappa shape index (κ1) is 15.1. The maximum atomic E-state index is 4.49. The largest absolute Gasteiger partial charge is 0.381 e. The molecule has 3 heteroatoms. The van der Waals surface area contributed by atoms with Gasteiger partial charge in [0.2, 0.25) is 0 Å². The van der Waals surface area contributed by atoms with Crippen molar-refractivity contribution in [2.24, 2.45) is 11.3 Å². The van der Waals surface area contributed by atoms with Crippen LogP contribution in [0.4, 0.5) is 11.5 Å². The molecule has 0 saturated heterocycles. The van der Waals surface area contributed by atoms with E-state index in [1.807, 2.05) is 25.2 Å². The molecule has 112 valence electrons. The van der Waals surface area contributed by atoms with E-state index in [2.05, 4.69) is 43.2 Å². The minimum absolute atomic E-state index is 0.370. The van der Waals surface area contributed by atoms with Crippen molar-refractivity contribution in [1.29, 1.82) is 0 Å². The molecule has 2 atom stereocenters. The van der Waals surface area contributed by atoms with Gasteiger partial charge in [-0.05, 0) is 36.3 Å². The zero-order valence-corrected chi connectivity index (χ0v) is 13.6. The van der Waals surface area contributed by atoms with Crippen LogP contribution in [0.5, 0.6) is 0 Å². The monoisotopic (exact) mass is 275 g/mol. The fourth-order valence-electron chi connectivity index (χ4n) is 3.29. The van der Waals surface area contributed by atoms with Crippen LogP contribution in [0.25, 0.3) is 0 Å². The topological polar surface area (TPSA) is 28.2 Å². The van der Waals surface area contributed by atoms with Crippen LogP contribution in [0.1, 0.15) is 46.5 Å². The van der Waals surface area contributed by atoms with Crippen molar-refractivity contribution in [2.45, 2.75) is 52.5 Å². The molecule has 0 amide bonds. The molecule has 2 rings (SSSR count). The average molecular weight is 275 g/mol. The molecule has 1 aromatic heterocycles. The minimum atomic E-state index is 0.370. The lowest BCUT2D eigenvalue weighted by Gasteiger charge is -2.41. The van der Waals surface area contributed by atoms with Crippen molar-refractivity contribution in [3.05, 3.63) is 18.3 Å². The molecular formula is C17H29N3. The van der Waals surface area contributed by atoms with Crippen LogP contribution in [0, 0.1) is 11.3 Å². The number of hydrogen-bond donors (Lipinski definition) is 1. The van der Waals surface area contributed by atoms with Gasteiger partial charge in [-0.15, -0.1) is 0 Å². The summed E-state index contributed by atoms with van der Waals surface area (Å²) in [6, 6.07) is 4.81. The third-order valence-electron chi connectivity index (χ3n) is 4.44. The molecule has 0 bridgehead atoms. The third-order valence-corrected chi connectivity index (χ3v) is 4.44. The fraction of sp³-hybridized carbons (Fsp3) is 0.706. The Bertz CT molecular complexity index is 417. The predicted octanol–water partition coefficient (Wildman–Crippen LogP) is 4.16. The van der Waals surface area contributed by atoms with E-state index in [0.717, 1.165) is 17.4 Å². The van der Waals surface area contributed by atoms with Gasteiger partial charge in [-0.25, -0.2) is 4.98 Å². The van der Waals surface area contributed by atoms with Crippen molar-refractivity contribution in [2.75, 3.05) is 24.3 Å². The summed E-state index contributed by atoms with van der Waals surface area (Å²) in [5, 5.41) is 3.72. The van der Waals surface area contributed by atoms with Gasteiger partial charge in [-0.1, -0.05) is 33.6 Å². The Hall–Kier alpha value is -1.25. The van der Waals surface area contributed by atoms with E-state index in [4.69, 9.17) is 0 Å². The second-order valence-electron chi connectivity index (χ2n) is 7.31. The summed E-state index contributed by atoms with van der Waals surface area (Å²) in [5.74, 6) is 1.75. The molecule has 3 nitrogen and oxygen atoms in total. The molecule has 1 aliphatic rings. The van der Waals surface area contributed by atoms with Gasteiger partial charge in [0.15, 0.2) is 0 Å².